The lowest BCUT2D eigenvalue weighted by Gasteiger charge is -2.32. The number of nitrogens with one attached hydrogen (secondary N) is 1. The van der Waals surface area contributed by atoms with Crippen LogP contribution in [0.3, 0.4) is 0 Å². The maximum absolute atomic E-state index is 11.8. The molecule has 1 saturated carbocycles. The summed E-state index contributed by atoms with van der Waals surface area (Å²) in [7, 11) is 0. The van der Waals surface area contributed by atoms with Gasteiger partial charge in [-0.25, -0.2) is 4.79 Å². The summed E-state index contributed by atoms with van der Waals surface area (Å²) in [6.45, 7) is 0. The van der Waals surface area contributed by atoms with Gasteiger partial charge in [0.1, 0.15) is 0 Å². The largest absolute Gasteiger partial charge is 0.472 e. The molecule has 0 saturated heterocycles. The molecule has 0 bridgehead atoms. The number of carboxylic acids is 1. The zero-order valence-electron chi connectivity index (χ0n) is 7.97. The summed E-state index contributed by atoms with van der Waals surface area (Å²) >= 11 is 0. The molecule has 1 rings (SSSR count). The number of rotatable bonds is 1. The van der Waals surface area contributed by atoms with E-state index < -0.39 is 24.1 Å². The number of carbonyl (C=O) groups excluding carboxylic acids is 1. The lowest BCUT2D eigenvalue weighted by atomic mass is 9.81. The smallest absolute Gasteiger partial charge is 0.471 e. The average molecular weight is 235 g/mol. The Kier molecular flexibility index (Phi) is 3.42. The van der Waals surface area contributed by atoms with Crippen molar-refractivity contribution >= 4 is 11.9 Å². The zero-order chi connectivity index (χ0) is 12.3. The average Bonchev–Trinajstić information content (AvgIpc) is 2.05. The summed E-state index contributed by atoms with van der Waals surface area (Å²) in [4.78, 5) is 20.5. The van der Waals surface area contributed by atoms with Crippen LogP contribution in [0.4, 0.5) is 13.2 Å². The normalized spacial score (nSPS) is 23.7. The second kappa shape index (κ2) is 4.43. The molecule has 0 aromatic carbocycles. The molecule has 16 heavy (non-hydrogen) atoms. The Labute approximate surface area is 88.8 Å². The Hall–Kier alpha value is -1.71. The van der Waals surface area contributed by atoms with Crippen molar-refractivity contribution in [1.29, 1.82) is 0 Å². The first kappa shape index (κ1) is 12.4. The van der Waals surface area contributed by atoms with Crippen molar-refractivity contribution in [3.8, 4) is 11.8 Å². The predicted octanol–water partition coefficient (Wildman–Crippen LogP) is 0.532. The number of hydrogen-bond donors (Lipinski definition) is 2. The van der Waals surface area contributed by atoms with Gasteiger partial charge in [-0.15, -0.1) is 0 Å². The van der Waals surface area contributed by atoms with Gasteiger partial charge in [-0.3, -0.25) is 4.79 Å². The fraction of sp³-hybridized carbons (Fsp3) is 0.556. The number of halogens is 3. The first-order chi connectivity index (χ1) is 7.29. The van der Waals surface area contributed by atoms with E-state index in [-0.39, 0.29) is 18.8 Å². The SMILES string of the molecule is O=C(O)C#CC1CC(NC(=O)C(F)(F)F)C1. The number of alkyl halides is 3. The van der Waals surface area contributed by atoms with Crippen molar-refractivity contribution in [3.05, 3.63) is 0 Å². The minimum absolute atomic E-state index is 0.252. The molecular weight excluding hydrogens is 227 g/mol. The highest BCUT2D eigenvalue weighted by Gasteiger charge is 2.41. The molecule has 1 fully saturated rings. The summed E-state index contributed by atoms with van der Waals surface area (Å²) in [6, 6.07) is -0.567. The van der Waals surface area contributed by atoms with Gasteiger partial charge in [0.15, 0.2) is 0 Å². The first-order valence-corrected chi connectivity index (χ1v) is 4.41. The van der Waals surface area contributed by atoms with E-state index in [0.717, 1.165) is 0 Å². The monoisotopic (exact) mass is 235 g/mol. The summed E-state index contributed by atoms with van der Waals surface area (Å²) < 4.78 is 35.4. The Bertz CT molecular complexity index is 360. The van der Waals surface area contributed by atoms with Crippen molar-refractivity contribution in [2.45, 2.75) is 25.1 Å². The Balaban J connectivity index is 2.31. The summed E-state index contributed by atoms with van der Waals surface area (Å²) in [5.74, 6) is 0.761. The van der Waals surface area contributed by atoms with Crippen LogP contribution in [0.5, 0.6) is 0 Å². The van der Waals surface area contributed by atoms with Crippen molar-refractivity contribution < 1.29 is 27.9 Å². The third kappa shape index (κ3) is 3.46. The topological polar surface area (TPSA) is 66.4 Å². The molecule has 0 aliphatic heterocycles. The van der Waals surface area contributed by atoms with Gasteiger partial charge in [0.25, 0.3) is 0 Å². The summed E-state index contributed by atoms with van der Waals surface area (Å²) in [5, 5.41) is 10.0. The van der Waals surface area contributed by atoms with Crippen LogP contribution in [0, 0.1) is 17.8 Å². The molecule has 0 aromatic rings. The van der Waals surface area contributed by atoms with Crippen LogP contribution < -0.4 is 5.32 Å². The lowest BCUT2D eigenvalue weighted by molar-refractivity contribution is -0.175. The van der Waals surface area contributed by atoms with E-state index in [2.05, 4.69) is 5.92 Å². The van der Waals surface area contributed by atoms with Crippen LogP contribution >= 0.6 is 0 Å². The molecule has 0 atom stereocenters. The standard InChI is InChI=1S/C9H8F3NO3/c10-9(11,12)8(16)13-6-3-5(4-6)1-2-7(14)15/h5-6H,3-4H2,(H,13,16)(H,14,15). The molecule has 0 heterocycles. The van der Waals surface area contributed by atoms with Crippen LogP contribution in [0.2, 0.25) is 0 Å². The molecule has 1 aliphatic rings. The second-order valence-corrected chi connectivity index (χ2v) is 3.41. The lowest BCUT2D eigenvalue weighted by Crippen LogP contribution is -2.48. The summed E-state index contributed by atoms with van der Waals surface area (Å²) in [5.41, 5.74) is 0. The minimum atomic E-state index is -4.88. The van der Waals surface area contributed by atoms with E-state index in [1.165, 1.54) is 0 Å². The predicted molar refractivity (Wildman–Crippen MR) is 46.1 cm³/mol. The van der Waals surface area contributed by atoms with Gasteiger partial charge < -0.3 is 10.4 Å². The number of hydrogen-bond acceptors (Lipinski definition) is 2. The van der Waals surface area contributed by atoms with Gasteiger partial charge in [0.2, 0.25) is 0 Å². The van der Waals surface area contributed by atoms with Crippen molar-refractivity contribution in [2.24, 2.45) is 5.92 Å². The van der Waals surface area contributed by atoms with Gasteiger partial charge in [-0.1, -0.05) is 5.92 Å². The Morgan fingerprint density at radius 3 is 2.31 bits per heavy atom. The van der Waals surface area contributed by atoms with E-state index in [1.54, 1.807) is 5.32 Å². The quantitative estimate of drug-likeness (QED) is 0.651. The molecule has 4 nitrogen and oxygen atoms in total. The van der Waals surface area contributed by atoms with Crippen LogP contribution in [-0.2, 0) is 9.59 Å². The van der Waals surface area contributed by atoms with Crippen molar-refractivity contribution in [1.82, 2.24) is 5.32 Å². The van der Waals surface area contributed by atoms with E-state index >= 15 is 0 Å². The highest BCUT2D eigenvalue weighted by molar-refractivity contribution is 5.86. The fourth-order valence-electron chi connectivity index (χ4n) is 1.28. The highest BCUT2D eigenvalue weighted by Crippen LogP contribution is 2.27. The van der Waals surface area contributed by atoms with Gasteiger partial charge in [0, 0.05) is 17.9 Å². The van der Waals surface area contributed by atoms with Gasteiger partial charge >= 0.3 is 18.1 Å². The summed E-state index contributed by atoms with van der Waals surface area (Å²) in [6.07, 6.45) is -4.37. The van der Waals surface area contributed by atoms with Crippen molar-refractivity contribution in [2.75, 3.05) is 0 Å². The van der Waals surface area contributed by atoms with E-state index in [9.17, 15) is 22.8 Å². The third-order valence-electron chi connectivity index (χ3n) is 2.11. The molecule has 88 valence electrons. The van der Waals surface area contributed by atoms with Crippen LogP contribution in [0.15, 0.2) is 0 Å². The molecule has 0 radical (unpaired) electrons. The molecule has 1 aliphatic carbocycles. The molecule has 0 aromatic heterocycles. The number of carboxylic acid groups (broad SMARTS) is 1. The van der Waals surface area contributed by atoms with Crippen LogP contribution in [-0.4, -0.2) is 29.2 Å². The molecule has 2 N–H and O–H groups in total. The second-order valence-electron chi connectivity index (χ2n) is 3.41. The van der Waals surface area contributed by atoms with E-state index in [0.29, 0.717) is 0 Å². The van der Waals surface area contributed by atoms with E-state index in [4.69, 9.17) is 5.11 Å². The Morgan fingerprint density at radius 1 is 1.31 bits per heavy atom. The fourth-order valence-corrected chi connectivity index (χ4v) is 1.28. The van der Waals surface area contributed by atoms with Gasteiger partial charge in [0.05, 0.1) is 0 Å². The maximum atomic E-state index is 11.8. The first-order valence-electron chi connectivity index (χ1n) is 4.41. The molecule has 1 amide bonds. The molecule has 0 unspecified atom stereocenters. The minimum Gasteiger partial charge on any atom is -0.472 e. The Morgan fingerprint density at radius 2 is 1.88 bits per heavy atom. The maximum Gasteiger partial charge on any atom is 0.471 e. The third-order valence-corrected chi connectivity index (χ3v) is 2.11. The van der Waals surface area contributed by atoms with Crippen LogP contribution in [0.25, 0.3) is 0 Å². The highest BCUT2D eigenvalue weighted by atomic mass is 19.4. The molecule has 7 heteroatoms. The van der Waals surface area contributed by atoms with Gasteiger partial charge in [-0.2, -0.15) is 13.2 Å². The molecule has 0 spiro atoms. The van der Waals surface area contributed by atoms with Crippen molar-refractivity contribution in [3.63, 3.8) is 0 Å². The number of carbonyl (C=O) groups is 2. The van der Waals surface area contributed by atoms with Crippen LogP contribution in [0.1, 0.15) is 12.8 Å². The zero-order valence-corrected chi connectivity index (χ0v) is 7.97. The molecular formula is C9H8F3NO3. The number of aliphatic carboxylic acids is 1. The number of amides is 1. The van der Waals surface area contributed by atoms with E-state index in [1.807, 2.05) is 5.92 Å². The van der Waals surface area contributed by atoms with Gasteiger partial charge in [-0.05, 0) is 12.8 Å².